The SMILES string of the molecule is COc1c2n(ncc1=O)CN1CCCCN1C2=O. The van der Waals surface area contributed by atoms with Crippen LogP contribution in [0.1, 0.15) is 23.3 Å². The van der Waals surface area contributed by atoms with E-state index in [4.69, 9.17) is 4.74 Å². The summed E-state index contributed by atoms with van der Waals surface area (Å²) in [6.45, 7) is 2.00. The number of methoxy groups -OCH3 is 1. The van der Waals surface area contributed by atoms with E-state index in [0.717, 1.165) is 19.4 Å². The number of hydrogen-bond donors (Lipinski definition) is 0. The third-order valence-corrected chi connectivity index (χ3v) is 3.33. The summed E-state index contributed by atoms with van der Waals surface area (Å²) < 4.78 is 6.59. The van der Waals surface area contributed by atoms with E-state index < -0.39 is 0 Å². The predicted octanol–water partition coefficient (Wildman–Crippen LogP) is -0.324. The Bertz CT molecular complexity index is 554. The van der Waals surface area contributed by atoms with Gasteiger partial charge in [0.2, 0.25) is 5.43 Å². The maximum absolute atomic E-state index is 12.4. The molecule has 1 fully saturated rings. The predicted molar refractivity (Wildman–Crippen MR) is 62.0 cm³/mol. The molecule has 1 amide bonds. The highest BCUT2D eigenvalue weighted by Crippen LogP contribution is 2.24. The second kappa shape index (κ2) is 4.09. The van der Waals surface area contributed by atoms with E-state index in [1.807, 2.05) is 5.01 Å². The lowest BCUT2D eigenvalue weighted by molar-refractivity contribution is -0.0658. The van der Waals surface area contributed by atoms with Gasteiger partial charge in [0.25, 0.3) is 5.91 Å². The van der Waals surface area contributed by atoms with Gasteiger partial charge in [-0.15, -0.1) is 0 Å². The highest BCUT2D eigenvalue weighted by atomic mass is 16.5. The summed E-state index contributed by atoms with van der Waals surface area (Å²) >= 11 is 0. The fourth-order valence-electron chi connectivity index (χ4n) is 2.46. The van der Waals surface area contributed by atoms with E-state index in [9.17, 15) is 9.59 Å². The van der Waals surface area contributed by atoms with Gasteiger partial charge in [-0.2, -0.15) is 10.1 Å². The van der Waals surface area contributed by atoms with Gasteiger partial charge >= 0.3 is 0 Å². The first-order valence-electron chi connectivity index (χ1n) is 5.93. The summed E-state index contributed by atoms with van der Waals surface area (Å²) in [4.78, 5) is 24.0. The summed E-state index contributed by atoms with van der Waals surface area (Å²) in [5.74, 6) is -0.122. The smallest absolute Gasteiger partial charge is 0.290 e. The second-order valence-corrected chi connectivity index (χ2v) is 4.40. The van der Waals surface area contributed by atoms with Crippen molar-refractivity contribution in [3.05, 3.63) is 22.1 Å². The number of nitrogens with zero attached hydrogens (tertiary/aromatic N) is 4. The van der Waals surface area contributed by atoms with Gasteiger partial charge in [-0.25, -0.2) is 4.68 Å². The molecular weight excluding hydrogens is 236 g/mol. The lowest BCUT2D eigenvalue weighted by Crippen LogP contribution is -2.55. The number of aromatic nitrogens is 2. The Kier molecular flexibility index (Phi) is 2.55. The topological polar surface area (TPSA) is 67.7 Å². The molecule has 1 saturated heterocycles. The molecule has 0 aliphatic carbocycles. The first-order chi connectivity index (χ1) is 8.72. The summed E-state index contributed by atoms with van der Waals surface area (Å²) in [6, 6.07) is 0. The molecule has 7 nitrogen and oxygen atoms in total. The number of hydrogen-bond acceptors (Lipinski definition) is 5. The largest absolute Gasteiger partial charge is 0.491 e. The van der Waals surface area contributed by atoms with Crippen LogP contribution in [0.4, 0.5) is 0 Å². The van der Waals surface area contributed by atoms with Gasteiger partial charge in [-0.05, 0) is 12.8 Å². The Morgan fingerprint density at radius 2 is 2.06 bits per heavy atom. The fourth-order valence-corrected chi connectivity index (χ4v) is 2.46. The lowest BCUT2D eigenvalue weighted by Gasteiger charge is -2.42. The molecule has 0 atom stereocenters. The fraction of sp³-hybridized carbons (Fsp3) is 0.545. The van der Waals surface area contributed by atoms with Gasteiger partial charge in [0.15, 0.2) is 11.4 Å². The summed E-state index contributed by atoms with van der Waals surface area (Å²) in [5, 5.41) is 7.64. The first kappa shape index (κ1) is 11.2. The van der Waals surface area contributed by atoms with Crippen LogP contribution < -0.4 is 10.2 Å². The monoisotopic (exact) mass is 250 g/mol. The highest BCUT2D eigenvalue weighted by Gasteiger charge is 2.35. The number of hydrazine groups is 1. The van der Waals surface area contributed by atoms with Crippen LogP contribution in [0.5, 0.6) is 5.75 Å². The van der Waals surface area contributed by atoms with E-state index in [-0.39, 0.29) is 22.8 Å². The standard InChI is InChI=1S/C11H14N4O3/c1-18-10-8(16)6-12-14-7-13-4-2-3-5-15(13)11(17)9(10)14/h6H,2-5,7H2,1H3. The third kappa shape index (κ3) is 1.51. The quantitative estimate of drug-likeness (QED) is 0.683. The second-order valence-electron chi connectivity index (χ2n) is 4.40. The van der Waals surface area contributed by atoms with Crippen molar-refractivity contribution < 1.29 is 9.53 Å². The highest BCUT2D eigenvalue weighted by molar-refractivity contribution is 5.95. The van der Waals surface area contributed by atoms with E-state index in [1.54, 1.807) is 5.01 Å². The van der Waals surface area contributed by atoms with Crippen LogP contribution in [0.25, 0.3) is 0 Å². The van der Waals surface area contributed by atoms with Crippen LogP contribution in [0.3, 0.4) is 0 Å². The molecule has 3 rings (SSSR count). The molecular formula is C11H14N4O3. The molecule has 2 aliphatic heterocycles. The van der Waals surface area contributed by atoms with Gasteiger partial charge in [-0.3, -0.25) is 14.6 Å². The Labute approximate surface area is 104 Å². The Morgan fingerprint density at radius 1 is 1.28 bits per heavy atom. The molecule has 0 radical (unpaired) electrons. The molecule has 0 saturated carbocycles. The van der Waals surface area contributed by atoms with Gasteiger partial charge in [0.1, 0.15) is 6.67 Å². The van der Waals surface area contributed by atoms with Crippen molar-refractivity contribution >= 4 is 5.91 Å². The number of amides is 1. The van der Waals surface area contributed by atoms with Gasteiger partial charge < -0.3 is 4.74 Å². The molecule has 1 aromatic rings. The van der Waals surface area contributed by atoms with Crippen LogP contribution in [-0.4, -0.2) is 45.9 Å². The zero-order valence-corrected chi connectivity index (χ0v) is 10.1. The minimum Gasteiger partial charge on any atom is -0.491 e. The average molecular weight is 250 g/mol. The van der Waals surface area contributed by atoms with Gasteiger partial charge in [-0.1, -0.05) is 0 Å². The van der Waals surface area contributed by atoms with Crippen molar-refractivity contribution in [1.29, 1.82) is 0 Å². The lowest BCUT2D eigenvalue weighted by atomic mass is 10.2. The van der Waals surface area contributed by atoms with Crippen molar-refractivity contribution in [3.8, 4) is 5.75 Å². The van der Waals surface area contributed by atoms with E-state index in [1.165, 1.54) is 18.0 Å². The summed E-state index contributed by atoms with van der Waals surface area (Å²) in [7, 11) is 1.40. The summed E-state index contributed by atoms with van der Waals surface area (Å²) in [6.07, 6.45) is 3.24. The number of rotatable bonds is 1. The zero-order chi connectivity index (χ0) is 12.7. The molecule has 7 heteroatoms. The van der Waals surface area contributed by atoms with Crippen LogP contribution in [0, 0.1) is 0 Å². The maximum Gasteiger partial charge on any atom is 0.290 e. The first-order valence-corrected chi connectivity index (χ1v) is 5.93. The van der Waals surface area contributed by atoms with Crippen molar-refractivity contribution in [2.75, 3.05) is 20.2 Å². The Morgan fingerprint density at radius 3 is 2.83 bits per heavy atom. The van der Waals surface area contributed by atoms with E-state index in [0.29, 0.717) is 13.2 Å². The number of fused-ring (bicyclic) bond motifs is 2. The van der Waals surface area contributed by atoms with Crippen molar-refractivity contribution in [3.63, 3.8) is 0 Å². The Balaban J connectivity index is 2.13. The third-order valence-electron chi connectivity index (χ3n) is 3.33. The van der Waals surface area contributed by atoms with Gasteiger partial charge in [0, 0.05) is 13.1 Å². The molecule has 96 valence electrons. The zero-order valence-electron chi connectivity index (χ0n) is 10.1. The normalized spacial score (nSPS) is 19.4. The van der Waals surface area contributed by atoms with Crippen LogP contribution in [0.15, 0.2) is 11.0 Å². The van der Waals surface area contributed by atoms with Crippen LogP contribution in [-0.2, 0) is 6.67 Å². The van der Waals surface area contributed by atoms with Gasteiger partial charge in [0.05, 0.1) is 13.3 Å². The average Bonchev–Trinajstić information content (AvgIpc) is 2.40. The number of carbonyl (C=O) groups excluding carboxylic acids is 1. The summed E-state index contributed by atoms with van der Waals surface area (Å²) in [5.41, 5.74) is -0.106. The Hall–Kier alpha value is -1.89. The molecule has 2 aliphatic rings. The van der Waals surface area contributed by atoms with Crippen LogP contribution in [0.2, 0.25) is 0 Å². The minimum absolute atomic E-state index is 0.0835. The number of ether oxygens (including phenoxy) is 1. The molecule has 18 heavy (non-hydrogen) atoms. The molecule has 3 heterocycles. The van der Waals surface area contributed by atoms with E-state index in [2.05, 4.69) is 5.10 Å². The minimum atomic E-state index is -0.359. The van der Waals surface area contributed by atoms with Crippen LogP contribution >= 0.6 is 0 Å². The number of carbonyl (C=O) groups is 1. The van der Waals surface area contributed by atoms with E-state index >= 15 is 0 Å². The van der Waals surface area contributed by atoms with Crippen molar-refractivity contribution in [2.45, 2.75) is 19.5 Å². The maximum atomic E-state index is 12.4. The molecule has 0 aromatic carbocycles. The molecule has 0 N–H and O–H groups in total. The molecule has 0 spiro atoms. The molecule has 0 bridgehead atoms. The molecule has 1 aromatic heterocycles. The molecule has 0 unspecified atom stereocenters. The van der Waals surface area contributed by atoms with Crippen molar-refractivity contribution in [1.82, 2.24) is 19.8 Å². The van der Waals surface area contributed by atoms with Crippen molar-refractivity contribution in [2.24, 2.45) is 0 Å².